The highest BCUT2D eigenvalue weighted by Gasteiger charge is 2.37. The Bertz CT molecular complexity index is 1220. The lowest BCUT2D eigenvalue weighted by Gasteiger charge is -2.41. The zero-order valence-corrected chi connectivity index (χ0v) is 18.9. The molecule has 1 unspecified atom stereocenters. The number of rotatable bonds is 5. The van der Waals surface area contributed by atoms with E-state index in [0.717, 1.165) is 12.1 Å². The number of nitrogens with zero attached hydrogens (tertiary/aromatic N) is 6. The third-order valence-corrected chi connectivity index (χ3v) is 5.58. The highest BCUT2D eigenvalue weighted by Crippen LogP contribution is 2.36. The van der Waals surface area contributed by atoms with Gasteiger partial charge in [-0.25, -0.2) is 4.98 Å². The first kappa shape index (κ1) is 25.3. The minimum absolute atomic E-state index is 0.103. The Morgan fingerprint density at radius 1 is 0.944 bits per heavy atom. The summed E-state index contributed by atoms with van der Waals surface area (Å²) in [7, 11) is 0. The first-order valence-corrected chi connectivity index (χ1v) is 10.8. The molecule has 1 aliphatic heterocycles. The average molecular weight is 513 g/mol. The van der Waals surface area contributed by atoms with Crippen LogP contribution in [-0.2, 0) is 19.0 Å². The predicted octanol–water partition coefficient (Wildman–Crippen LogP) is 4.18. The van der Waals surface area contributed by atoms with Crippen molar-refractivity contribution in [1.82, 2.24) is 19.9 Å². The second kappa shape index (κ2) is 9.66. The number of hydrogen-bond donors (Lipinski definition) is 1. The van der Waals surface area contributed by atoms with Crippen LogP contribution in [0.4, 0.5) is 44.1 Å². The van der Waals surface area contributed by atoms with Gasteiger partial charge in [-0.1, -0.05) is 18.2 Å². The summed E-state index contributed by atoms with van der Waals surface area (Å²) in [6.45, 7) is 1.91. The number of pyridine rings is 1. The van der Waals surface area contributed by atoms with Crippen molar-refractivity contribution in [3.05, 3.63) is 59.3 Å². The van der Waals surface area contributed by atoms with Crippen molar-refractivity contribution >= 4 is 17.7 Å². The number of nitrogen functional groups attached to an aromatic ring is 1. The molecule has 3 aromatic rings. The monoisotopic (exact) mass is 513 g/mol. The Morgan fingerprint density at radius 3 is 2.33 bits per heavy atom. The van der Waals surface area contributed by atoms with E-state index < -0.39 is 30.1 Å². The second-order valence-electron chi connectivity index (χ2n) is 8.08. The molecular weight excluding hydrogens is 492 g/mol. The highest BCUT2D eigenvalue weighted by molar-refractivity contribution is 5.51. The summed E-state index contributed by atoms with van der Waals surface area (Å²) in [6, 6.07) is 6.53. The molecule has 0 amide bonds. The average Bonchev–Trinajstić information content (AvgIpc) is 2.81. The molecular formula is C22H21F6N7O. The van der Waals surface area contributed by atoms with E-state index in [-0.39, 0.29) is 55.0 Å². The lowest BCUT2D eigenvalue weighted by atomic mass is 10.1. The molecule has 14 heteroatoms. The van der Waals surface area contributed by atoms with E-state index in [4.69, 9.17) is 10.5 Å². The minimum atomic E-state index is -4.56. The van der Waals surface area contributed by atoms with Gasteiger partial charge in [0.25, 0.3) is 0 Å². The molecule has 192 valence electrons. The fraction of sp³-hybridized carbons (Fsp3) is 0.364. The Kier molecular flexibility index (Phi) is 6.78. The van der Waals surface area contributed by atoms with Crippen molar-refractivity contribution in [3.63, 3.8) is 0 Å². The van der Waals surface area contributed by atoms with Gasteiger partial charge in [0.05, 0.1) is 11.1 Å². The van der Waals surface area contributed by atoms with Crippen LogP contribution in [0.2, 0.25) is 0 Å². The molecule has 3 heterocycles. The Hall–Kier alpha value is -3.84. The Labute approximate surface area is 201 Å². The Balaban J connectivity index is 1.50. The second-order valence-corrected chi connectivity index (χ2v) is 8.08. The molecule has 1 atom stereocenters. The third-order valence-electron chi connectivity index (χ3n) is 5.58. The van der Waals surface area contributed by atoms with Gasteiger partial charge in [-0.05, 0) is 25.1 Å². The van der Waals surface area contributed by atoms with Gasteiger partial charge in [0, 0.05) is 37.4 Å². The third kappa shape index (κ3) is 5.52. The number of ether oxygens (including phenoxy) is 1. The number of aromatic nitrogens is 4. The van der Waals surface area contributed by atoms with Gasteiger partial charge in [-0.3, -0.25) is 0 Å². The van der Waals surface area contributed by atoms with E-state index >= 15 is 0 Å². The summed E-state index contributed by atoms with van der Waals surface area (Å²) in [6.07, 6.45) is -7.81. The van der Waals surface area contributed by atoms with Crippen molar-refractivity contribution in [1.29, 1.82) is 0 Å². The zero-order chi connectivity index (χ0) is 26.1. The molecule has 36 heavy (non-hydrogen) atoms. The first-order valence-electron chi connectivity index (χ1n) is 10.8. The maximum atomic E-state index is 13.4. The molecule has 1 aromatic carbocycles. The lowest BCUT2D eigenvalue weighted by Crippen LogP contribution is -2.53. The van der Waals surface area contributed by atoms with Gasteiger partial charge in [0.1, 0.15) is 12.4 Å². The number of nitrogens with two attached hydrogens (primary N) is 1. The standard InChI is InChI=1S/C22H21F6N7O/c1-13-11-34(17-16(22(26,27)28)7-4-8-30-17)9-10-35(13)19-31-18(29)32-20(33-19)36-12-14-5-2-3-6-15(14)21(23,24)25/h2-8,13H,9-12H2,1H3,(H2,29,31,32,33). The van der Waals surface area contributed by atoms with Crippen LogP contribution in [0, 0.1) is 0 Å². The number of hydrogen-bond acceptors (Lipinski definition) is 8. The van der Waals surface area contributed by atoms with E-state index in [1.807, 2.05) is 0 Å². The van der Waals surface area contributed by atoms with Gasteiger partial charge < -0.3 is 20.3 Å². The van der Waals surface area contributed by atoms with Crippen LogP contribution in [0.25, 0.3) is 0 Å². The van der Waals surface area contributed by atoms with Crippen molar-refractivity contribution in [2.75, 3.05) is 35.2 Å². The molecule has 1 saturated heterocycles. The van der Waals surface area contributed by atoms with Crippen molar-refractivity contribution in [2.45, 2.75) is 31.9 Å². The van der Waals surface area contributed by atoms with E-state index in [9.17, 15) is 26.3 Å². The topological polar surface area (TPSA) is 93.3 Å². The zero-order valence-electron chi connectivity index (χ0n) is 18.9. The van der Waals surface area contributed by atoms with Crippen LogP contribution in [0.3, 0.4) is 0 Å². The summed E-state index contributed by atoms with van der Waals surface area (Å²) >= 11 is 0. The summed E-state index contributed by atoms with van der Waals surface area (Å²) < 4.78 is 85.4. The molecule has 0 bridgehead atoms. The summed E-state index contributed by atoms with van der Waals surface area (Å²) in [5.41, 5.74) is 3.99. The van der Waals surface area contributed by atoms with Crippen molar-refractivity contribution in [2.24, 2.45) is 0 Å². The molecule has 0 spiro atoms. The smallest absolute Gasteiger partial charge is 0.419 e. The van der Waals surface area contributed by atoms with Crippen molar-refractivity contribution in [3.8, 4) is 6.01 Å². The fourth-order valence-corrected chi connectivity index (χ4v) is 3.94. The molecule has 8 nitrogen and oxygen atoms in total. The number of anilines is 3. The molecule has 4 rings (SSSR count). The number of piperazine rings is 1. The summed E-state index contributed by atoms with van der Waals surface area (Å²) in [5, 5.41) is 0. The highest BCUT2D eigenvalue weighted by atomic mass is 19.4. The van der Waals surface area contributed by atoms with Crippen molar-refractivity contribution < 1.29 is 31.1 Å². The van der Waals surface area contributed by atoms with Gasteiger partial charge >= 0.3 is 18.4 Å². The van der Waals surface area contributed by atoms with Gasteiger partial charge in [-0.15, -0.1) is 0 Å². The quantitative estimate of drug-likeness (QED) is 0.508. The van der Waals surface area contributed by atoms with E-state index in [1.165, 1.54) is 35.4 Å². The van der Waals surface area contributed by atoms with Gasteiger partial charge in [-0.2, -0.15) is 41.3 Å². The number of benzene rings is 1. The van der Waals surface area contributed by atoms with Gasteiger partial charge in [0.15, 0.2) is 0 Å². The molecule has 0 radical (unpaired) electrons. The predicted molar refractivity (Wildman–Crippen MR) is 118 cm³/mol. The van der Waals surface area contributed by atoms with E-state index in [2.05, 4.69) is 19.9 Å². The largest absolute Gasteiger partial charge is 0.458 e. The maximum Gasteiger partial charge on any atom is 0.419 e. The normalized spacial score (nSPS) is 16.8. The molecule has 0 aliphatic carbocycles. The fourth-order valence-electron chi connectivity index (χ4n) is 3.94. The van der Waals surface area contributed by atoms with E-state index in [0.29, 0.717) is 0 Å². The van der Waals surface area contributed by atoms with Crippen LogP contribution in [0.15, 0.2) is 42.6 Å². The lowest BCUT2D eigenvalue weighted by molar-refractivity contribution is -0.139. The molecule has 2 N–H and O–H groups in total. The van der Waals surface area contributed by atoms with Gasteiger partial charge in [0.2, 0.25) is 11.9 Å². The van der Waals surface area contributed by atoms with Crippen LogP contribution in [0.5, 0.6) is 6.01 Å². The Morgan fingerprint density at radius 2 is 1.64 bits per heavy atom. The van der Waals surface area contributed by atoms with Crippen LogP contribution >= 0.6 is 0 Å². The van der Waals surface area contributed by atoms with Crippen LogP contribution < -0.4 is 20.3 Å². The molecule has 0 saturated carbocycles. The SMILES string of the molecule is CC1CN(c2ncccc2C(F)(F)F)CCN1c1nc(N)nc(OCc2ccccc2C(F)(F)F)n1. The molecule has 1 aliphatic rings. The molecule has 2 aromatic heterocycles. The first-order chi connectivity index (χ1) is 16.9. The summed E-state index contributed by atoms with van der Waals surface area (Å²) in [4.78, 5) is 19.3. The van der Waals surface area contributed by atoms with E-state index in [1.54, 1.807) is 11.8 Å². The number of alkyl halides is 6. The minimum Gasteiger partial charge on any atom is -0.458 e. The van der Waals surface area contributed by atoms with Crippen LogP contribution in [0.1, 0.15) is 23.6 Å². The summed E-state index contributed by atoms with van der Waals surface area (Å²) in [5.74, 6) is -0.275. The molecule has 1 fully saturated rings. The maximum absolute atomic E-state index is 13.4. The van der Waals surface area contributed by atoms with Crippen LogP contribution in [-0.4, -0.2) is 45.6 Å². The number of halogens is 6.